The van der Waals surface area contributed by atoms with Crippen LogP contribution < -0.4 is 19.5 Å². The van der Waals surface area contributed by atoms with E-state index in [9.17, 15) is 4.39 Å². The van der Waals surface area contributed by atoms with Gasteiger partial charge in [0.1, 0.15) is 5.82 Å². The zero-order valence-corrected chi connectivity index (χ0v) is 17.6. The van der Waals surface area contributed by atoms with Gasteiger partial charge in [-0.3, -0.25) is 0 Å². The van der Waals surface area contributed by atoms with E-state index in [0.29, 0.717) is 42.9 Å². The van der Waals surface area contributed by atoms with Crippen molar-refractivity contribution in [3.8, 4) is 28.5 Å². The third-order valence-electron chi connectivity index (χ3n) is 4.69. The van der Waals surface area contributed by atoms with E-state index in [-0.39, 0.29) is 5.82 Å². The summed E-state index contributed by atoms with van der Waals surface area (Å²) in [5, 5.41) is 3.35. The SMILES string of the molecule is COCCn1c(-c2ccc(F)cc2)cnc1NCc1cc(OC)c(OC)c(OC)c1. The third kappa shape index (κ3) is 4.65. The van der Waals surface area contributed by atoms with Gasteiger partial charge in [-0.05, 0) is 42.0 Å². The van der Waals surface area contributed by atoms with Crippen LogP contribution in [0.25, 0.3) is 11.3 Å². The Morgan fingerprint density at radius 1 is 0.967 bits per heavy atom. The summed E-state index contributed by atoms with van der Waals surface area (Å²) in [6.45, 7) is 1.60. The van der Waals surface area contributed by atoms with Crippen molar-refractivity contribution in [2.24, 2.45) is 0 Å². The highest BCUT2D eigenvalue weighted by Gasteiger charge is 2.15. The molecule has 3 aromatic rings. The van der Waals surface area contributed by atoms with E-state index < -0.39 is 0 Å². The first-order chi connectivity index (χ1) is 14.6. The van der Waals surface area contributed by atoms with E-state index in [2.05, 4.69) is 10.3 Å². The molecule has 7 nitrogen and oxygen atoms in total. The van der Waals surface area contributed by atoms with Crippen LogP contribution >= 0.6 is 0 Å². The van der Waals surface area contributed by atoms with Crippen molar-refractivity contribution in [3.05, 3.63) is 54.0 Å². The molecule has 0 bridgehead atoms. The minimum Gasteiger partial charge on any atom is -0.493 e. The highest BCUT2D eigenvalue weighted by Crippen LogP contribution is 2.38. The van der Waals surface area contributed by atoms with Crippen molar-refractivity contribution in [1.82, 2.24) is 9.55 Å². The molecule has 0 atom stereocenters. The van der Waals surface area contributed by atoms with Gasteiger partial charge in [0.15, 0.2) is 11.5 Å². The first-order valence-corrected chi connectivity index (χ1v) is 9.44. The smallest absolute Gasteiger partial charge is 0.203 e. The number of hydrogen-bond acceptors (Lipinski definition) is 6. The molecule has 1 heterocycles. The van der Waals surface area contributed by atoms with Gasteiger partial charge in [-0.15, -0.1) is 0 Å². The van der Waals surface area contributed by atoms with Gasteiger partial charge in [0.05, 0.1) is 39.8 Å². The van der Waals surface area contributed by atoms with Gasteiger partial charge in [0, 0.05) is 25.8 Å². The topological polar surface area (TPSA) is 66.8 Å². The first kappa shape index (κ1) is 21.4. The molecular weight excluding hydrogens is 389 g/mol. The number of aromatic nitrogens is 2. The van der Waals surface area contributed by atoms with Crippen molar-refractivity contribution < 1.29 is 23.3 Å². The maximum absolute atomic E-state index is 13.3. The molecule has 0 aliphatic carbocycles. The van der Waals surface area contributed by atoms with Crippen molar-refractivity contribution in [2.45, 2.75) is 13.1 Å². The number of ether oxygens (including phenoxy) is 4. The maximum atomic E-state index is 13.3. The van der Waals surface area contributed by atoms with E-state index in [1.165, 1.54) is 12.1 Å². The van der Waals surface area contributed by atoms with E-state index in [1.807, 2.05) is 16.7 Å². The molecule has 1 N–H and O–H groups in total. The zero-order valence-electron chi connectivity index (χ0n) is 17.6. The molecule has 0 radical (unpaired) electrons. The Labute approximate surface area is 175 Å². The monoisotopic (exact) mass is 415 g/mol. The lowest BCUT2D eigenvalue weighted by Crippen LogP contribution is -2.12. The number of nitrogens with one attached hydrogen (secondary N) is 1. The lowest BCUT2D eigenvalue weighted by Gasteiger charge is -2.16. The number of halogens is 1. The third-order valence-corrected chi connectivity index (χ3v) is 4.69. The minimum atomic E-state index is -0.276. The number of imidazole rings is 1. The van der Waals surface area contributed by atoms with Crippen molar-refractivity contribution in [3.63, 3.8) is 0 Å². The van der Waals surface area contributed by atoms with Gasteiger partial charge < -0.3 is 28.8 Å². The predicted molar refractivity (Wildman–Crippen MR) is 113 cm³/mol. The second kappa shape index (κ2) is 9.98. The van der Waals surface area contributed by atoms with E-state index in [0.717, 1.165) is 16.8 Å². The van der Waals surface area contributed by atoms with E-state index in [1.54, 1.807) is 46.8 Å². The van der Waals surface area contributed by atoms with Crippen LogP contribution in [0.15, 0.2) is 42.6 Å². The van der Waals surface area contributed by atoms with Crippen molar-refractivity contribution in [1.29, 1.82) is 0 Å². The predicted octanol–water partition coefficient (Wildman–Crippen LogP) is 3.97. The molecule has 1 aromatic heterocycles. The summed E-state index contributed by atoms with van der Waals surface area (Å²) in [7, 11) is 6.39. The van der Waals surface area contributed by atoms with Crippen LogP contribution in [0.2, 0.25) is 0 Å². The number of benzene rings is 2. The number of methoxy groups -OCH3 is 4. The van der Waals surface area contributed by atoms with Gasteiger partial charge in [-0.1, -0.05) is 0 Å². The summed E-state index contributed by atoms with van der Waals surface area (Å²) in [5.41, 5.74) is 2.69. The molecule has 0 unspecified atom stereocenters. The Morgan fingerprint density at radius 2 is 1.63 bits per heavy atom. The van der Waals surface area contributed by atoms with Crippen LogP contribution in [-0.2, 0) is 17.8 Å². The molecule has 0 amide bonds. The Balaban J connectivity index is 1.87. The van der Waals surface area contributed by atoms with Crippen LogP contribution in [0.1, 0.15) is 5.56 Å². The fourth-order valence-electron chi connectivity index (χ4n) is 3.20. The molecule has 0 fully saturated rings. The molecule has 3 rings (SSSR count). The molecule has 30 heavy (non-hydrogen) atoms. The summed E-state index contributed by atoms with van der Waals surface area (Å²) in [6.07, 6.45) is 1.76. The molecule has 2 aromatic carbocycles. The second-order valence-electron chi connectivity index (χ2n) is 6.51. The normalized spacial score (nSPS) is 10.7. The number of anilines is 1. The molecule has 8 heteroatoms. The lowest BCUT2D eigenvalue weighted by molar-refractivity contribution is 0.188. The van der Waals surface area contributed by atoms with Gasteiger partial charge >= 0.3 is 0 Å². The van der Waals surface area contributed by atoms with Gasteiger partial charge in [0.2, 0.25) is 11.7 Å². The average Bonchev–Trinajstić information content (AvgIpc) is 3.18. The summed E-state index contributed by atoms with van der Waals surface area (Å²) < 4.78 is 36.8. The second-order valence-corrected chi connectivity index (χ2v) is 6.51. The molecule has 0 spiro atoms. The highest BCUT2D eigenvalue weighted by atomic mass is 19.1. The van der Waals surface area contributed by atoms with Crippen molar-refractivity contribution >= 4 is 5.95 Å². The minimum absolute atomic E-state index is 0.276. The number of hydrogen-bond donors (Lipinski definition) is 1. The maximum Gasteiger partial charge on any atom is 0.203 e. The Kier molecular flexibility index (Phi) is 7.13. The summed E-state index contributed by atoms with van der Waals surface area (Å²) in [5.74, 6) is 2.12. The summed E-state index contributed by atoms with van der Waals surface area (Å²) in [6, 6.07) is 10.1. The van der Waals surface area contributed by atoms with E-state index >= 15 is 0 Å². The molecular formula is C22H26FN3O4. The Hall–Kier alpha value is -3.26. The largest absolute Gasteiger partial charge is 0.493 e. The fraction of sp³-hybridized carbons (Fsp3) is 0.318. The Morgan fingerprint density at radius 3 is 2.20 bits per heavy atom. The summed E-state index contributed by atoms with van der Waals surface area (Å²) in [4.78, 5) is 4.52. The first-order valence-electron chi connectivity index (χ1n) is 9.44. The Bertz CT molecular complexity index is 948. The zero-order chi connectivity index (χ0) is 21.5. The highest BCUT2D eigenvalue weighted by molar-refractivity contribution is 5.62. The molecule has 0 saturated carbocycles. The van der Waals surface area contributed by atoms with Gasteiger partial charge in [-0.2, -0.15) is 0 Å². The van der Waals surface area contributed by atoms with Crippen LogP contribution in [0, 0.1) is 5.82 Å². The molecule has 0 saturated heterocycles. The summed E-state index contributed by atoms with van der Waals surface area (Å²) >= 11 is 0. The molecule has 0 aliphatic rings. The number of rotatable bonds is 10. The molecule has 160 valence electrons. The molecule has 0 aliphatic heterocycles. The van der Waals surface area contributed by atoms with Crippen LogP contribution in [0.4, 0.5) is 10.3 Å². The van der Waals surface area contributed by atoms with Gasteiger partial charge in [-0.25, -0.2) is 9.37 Å². The van der Waals surface area contributed by atoms with Crippen LogP contribution in [-0.4, -0.2) is 44.6 Å². The van der Waals surface area contributed by atoms with Crippen molar-refractivity contribution in [2.75, 3.05) is 40.4 Å². The van der Waals surface area contributed by atoms with Gasteiger partial charge in [0.25, 0.3) is 0 Å². The fourth-order valence-corrected chi connectivity index (χ4v) is 3.20. The van der Waals surface area contributed by atoms with Crippen LogP contribution in [0.3, 0.4) is 0 Å². The quantitative estimate of drug-likeness (QED) is 0.540. The lowest BCUT2D eigenvalue weighted by atomic mass is 10.1. The average molecular weight is 415 g/mol. The standard InChI is InChI=1S/C22H26FN3O4/c1-27-10-9-26-18(16-5-7-17(23)8-6-16)14-25-22(26)24-13-15-11-19(28-2)21(30-4)20(12-15)29-3/h5-8,11-12,14H,9-10,13H2,1-4H3,(H,24,25). The van der Waals surface area contributed by atoms with E-state index in [4.69, 9.17) is 18.9 Å². The number of nitrogens with zero attached hydrogens (tertiary/aromatic N) is 2. The van der Waals surface area contributed by atoms with Crippen LogP contribution in [0.5, 0.6) is 17.2 Å².